The van der Waals surface area contributed by atoms with E-state index in [0.717, 1.165) is 6.42 Å². The number of guanidine groups is 1. The number of nitrogens with zero attached hydrogens (tertiary/aromatic N) is 1. The molecule has 0 radical (unpaired) electrons. The maximum absolute atomic E-state index is 12.5. The molecule has 1 rings (SSSR count). The maximum Gasteiger partial charge on any atom is 0.387 e. The molecule has 0 unspecified atom stereocenters. The Labute approximate surface area is 158 Å². The van der Waals surface area contributed by atoms with Gasteiger partial charge in [0.25, 0.3) is 0 Å². The first-order valence-electron chi connectivity index (χ1n) is 7.16. The van der Waals surface area contributed by atoms with E-state index in [4.69, 9.17) is 9.47 Å². The van der Waals surface area contributed by atoms with E-state index < -0.39 is 6.61 Å². The SMILES string of the molecule is CN=C(NCCCOC)NCc1ccc(OC)cc1OC(F)F.I. The van der Waals surface area contributed by atoms with E-state index in [-0.39, 0.29) is 36.3 Å². The number of ether oxygens (including phenoxy) is 3. The van der Waals surface area contributed by atoms with Gasteiger partial charge in [0.15, 0.2) is 5.96 Å². The Balaban J connectivity index is 0.00000529. The van der Waals surface area contributed by atoms with Crippen LogP contribution in [-0.4, -0.2) is 47.0 Å². The third-order valence-electron chi connectivity index (χ3n) is 2.98. The molecule has 0 bridgehead atoms. The fourth-order valence-electron chi connectivity index (χ4n) is 1.84. The van der Waals surface area contributed by atoms with Crippen LogP contribution in [0.3, 0.4) is 0 Å². The fraction of sp³-hybridized carbons (Fsp3) is 0.533. The van der Waals surface area contributed by atoms with Crippen molar-refractivity contribution in [1.29, 1.82) is 0 Å². The monoisotopic (exact) mass is 459 g/mol. The highest BCUT2D eigenvalue weighted by atomic mass is 127. The van der Waals surface area contributed by atoms with Gasteiger partial charge < -0.3 is 24.8 Å². The lowest BCUT2D eigenvalue weighted by Crippen LogP contribution is -2.37. The molecular formula is C15H24F2IN3O3. The molecule has 0 aromatic heterocycles. The third-order valence-corrected chi connectivity index (χ3v) is 2.98. The van der Waals surface area contributed by atoms with Gasteiger partial charge in [-0.2, -0.15) is 8.78 Å². The summed E-state index contributed by atoms with van der Waals surface area (Å²) < 4.78 is 39.5. The highest BCUT2D eigenvalue weighted by molar-refractivity contribution is 14.0. The van der Waals surface area contributed by atoms with Gasteiger partial charge in [0.1, 0.15) is 11.5 Å². The normalized spacial score (nSPS) is 11.0. The summed E-state index contributed by atoms with van der Waals surface area (Å²) in [5, 5.41) is 6.15. The fourth-order valence-corrected chi connectivity index (χ4v) is 1.84. The van der Waals surface area contributed by atoms with Crippen LogP contribution in [0.4, 0.5) is 8.78 Å². The van der Waals surface area contributed by atoms with E-state index in [2.05, 4.69) is 20.4 Å². The Kier molecular flexibility index (Phi) is 12.3. The highest BCUT2D eigenvalue weighted by Gasteiger charge is 2.11. The summed E-state index contributed by atoms with van der Waals surface area (Å²) >= 11 is 0. The van der Waals surface area contributed by atoms with Crippen molar-refractivity contribution in [2.24, 2.45) is 4.99 Å². The predicted molar refractivity (Wildman–Crippen MR) is 99.7 cm³/mol. The van der Waals surface area contributed by atoms with Crippen LogP contribution in [0.2, 0.25) is 0 Å². The molecule has 9 heteroatoms. The van der Waals surface area contributed by atoms with Gasteiger partial charge in [-0.05, 0) is 18.6 Å². The predicted octanol–water partition coefficient (Wildman–Crippen LogP) is 2.62. The summed E-state index contributed by atoms with van der Waals surface area (Å²) in [5.74, 6) is 1.09. The van der Waals surface area contributed by atoms with Gasteiger partial charge in [-0.3, -0.25) is 4.99 Å². The third kappa shape index (κ3) is 8.48. The Morgan fingerprint density at radius 1 is 1.25 bits per heavy atom. The quantitative estimate of drug-likeness (QED) is 0.257. The van der Waals surface area contributed by atoms with Crippen LogP contribution in [0.5, 0.6) is 11.5 Å². The van der Waals surface area contributed by atoms with Gasteiger partial charge in [-0.1, -0.05) is 0 Å². The zero-order valence-electron chi connectivity index (χ0n) is 14.0. The van der Waals surface area contributed by atoms with Crippen LogP contribution in [0.25, 0.3) is 0 Å². The number of nitrogens with one attached hydrogen (secondary N) is 2. The van der Waals surface area contributed by atoms with Crippen molar-refractivity contribution in [3.8, 4) is 11.5 Å². The minimum absolute atomic E-state index is 0. The molecular weight excluding hydrogens is 435 g/mol. The van der Waals surface area contributed by atoms with Crippen LogP contribution in [0, 0.1) is 0 Å². The second-order valence-electron chi connectivity index (χ2n) is 4.55. The van der Waals surface area contributed by atoms with E-state index >= 15 is 0 Å². The van der Waals surface area contributed by atoms with Crippen LogP contribution < -0.4 is 20.1 Å². The molecule has 1 aromatic rings. The van der Waals surface area contributed by atoms with Crippen molar-refractivity contribution in [1.82, 2.24) is 10.6 Å². The summed E-state index contributed by atoms with van der Waals surface area (Å²) in [6.07, 6.45) is 0.833. The van der Waals surface area contributed by atoms with Crippen LogP contribution in [0.1, 0.15) is 12.0 Å². The molecule has 0 aliphatic heterocycles. The first-order valence-corrected chi connectivity index (χ1v) is 7.16. The van der Waals surface area contributed by atoms with E-state index in [9.17, 15) is 8.78 Å². The number of aliphatic imine (C=N–C) groups is 1. The summed E-state index contributed by atoms with van der Waals surface area (Å²) in [6.45, 7) is -1.27. The maximum atomic E-state index is 12.5. The number of hydrogen-bond acceptors (Lipinski definition) is 4. The van der Waals surface area contributed by atoms with E-state index in [1.165, 1.54) is 13.2 Å². The van der Waals surface area contributed by atoms with Crippen molar-refractivity contribution in [3.05, 3.63) is 23.8 Å². The minimum atomic E-state index is -2.90. The van der Waals surface area contributed by atoms with Gasteiger partial charge >= 0.3 is 6.61 Å². The molecule has 1 aromatic carbocycles. The number of rotatable bonds is 9. The molecule has 0 amide bonds. The summed E-state index contributed by atoms with van der Waals surface area (Å²) in [6, 6.07) is 4.78. The summed E-state index contributed by atoms with van der Waals surface area (Å²) in [7, 11) is 4.74. The molecule has 0 saturated carbocycles. The highest BCUT2D eigenvalue weighted by Crippen LogP contribution is 2.26. The molecule has 0 fully saturated rings. The molecule has 0 atom stereocenters. The van der Waals surface area contributed by atoms with Crippen molar-refractivity contribution in [3.63, 3.8) is 0 Å². The second kappa shape index (κ2) is 13.0. The number of benzene rings is 1. The van der Waals surface area contributed by atoms with Gasteiger partial charge in [-0.25, -0.2) is 0 Å². The van der Waals surface area contributed by atoms with Gasteiger partial charge in [0.2, 0.25) is 0 Å². The minimum Gasteiger partial charge on any atom is -0.497 e. The zero-order valence-corrected chi connectivity index (χ0v) is 16.3. The van der Waals surface area contributed by atoms with Crippen LogP contribution >= 0.6 is 24.0 Å². The van der Waals surface area contributed by atoms with Crippen LogP contribution in [0.15, 0.2) is 23.2 Å². The Morgan fingerprint density at radius 2 is 2.00 bits per heavy atom. The molecule has 24 heavy (non-hydrogen) atoms. The van der Waals surface area contributed by atoms with Gasteiger partial charge in [0.05, 0.1) is 7.11 Å². The average Bonchev–Trinajstić information content (AvgIpc) is 2.54. The summed E-state index contributed by atoms with van der Waals surface area (Å²) in [4.78, 5) is 4.07. The van der Waals surface area contributed by atoms with E-state index in [1.54, 1.807) is 26.3 Å². The average molecular weight is 459 g/mol. The van der Waals surface area contributed by atoms with Gasteiger partial charge in [-0.15, -0.1) is 24.0 Å². The molecule has 0 aliphatic rings. The standard InChI is InChI=1S/C15H23F2N3O3.HI/c1-18-15(19-7-4-8-21-2)20-10-11-5-6-12(22-3)9-13(11)23-14(16)17;/h5-6,9,14H,4,7-8,10H2,1-3H3,(H2,18,19,20);1H. The first kappa shape index (κ1) is 22.6. The molecule has 0 aliphatic carbocycles. The molecule has 2 N–H and O–H groups in total. The van der Waals surface area contributed by atoms with Crippen molar-refractivity contribution < 1.29 is 23.0 Å². The smallest absolute Gasteiger partial charge is 0.387 e. The number of alkyl halides is 2. The molecule has 6 nitrogen and oxygen atoms in total. The van der Waals surface area contributed by atoms with Crippen LogP contribution in [-0.2, 0) is 11.3 Å². The van der Waals surface area contributed by atoms with Crippen molar-refractivity contribution in [2.45, 2.75) is 19.6 Å². The summed E-state index contributed by atoms with van der Waals surface area (Å²) in [5.41, 5.74) is 0.575. The topological polar surface area (TPSA) is 64.1 Å². The molecule has 0 saturated heterocycles. The molecule has 138 valence electrons. The Hall–Kier alpha value is -1.36. The zero-order chi connectivity index (χ0) is 17.1. The van der Waals surface area contributed by atoms with Gasteiger partial charge in [0, 0.05) is 45.5 Å². The lowest BCUT2D eigenvalue weighted by Gasteiger charge is -2.15. The van der Waals surface area contributed by atoms with E-state index in [0.29, 0.717) is 30.4 Å². The number of hydrogen-bond donors (Lipinski definition) is 2. The van der Waals surface area contributed by atoms with Crippen molar-refractivity contribution >= 4 is 29.9 Å². The second-order valence-corrected chi connectivity index (χ2v) is 4.55. The largest absolute Gasteiger partial charge is 0.497 e. The number of halogens is 3. The lowest BCUT2D eigenvalue weighted by atomic mass is 10.2. The first-order chi connectivity index (χ1) is 11.1. The lowest BCUT2D eigenvalue weighted by molar-refractivity contribution is -0.0505. The Bertz CT molecular complexity index is 505. The molecule has 0 heterocycles. The molecule has 0 spiro atoms. The number of methoxy groups -OCH3 is 2. The van der Waals surface area contributed by atoms with E-state index in [1.807, 2.05) is 0 Å². The Morgan fingerprint density at radius 3 is 2.58 bits per heavy atom. The van der Waals surface area contributed by atoms with Crippen molar-refractivity contribution in [2.75, 3.05) is 34.4 Å².